The van der Waals surface area contributed by atoms with Gasteiger partial charge in [0.25, 0.3) is 0 Å². The third-order valence-electron chi connectivity index (χ3n) is 10.3. The number of hydrogen-bond acceptors (Lipinski definition) is 11. The monoisotopic (exact) mass is 662 g/mol. The highest BCUT2D eigenvalue weighted by atomic mass is 16.5. The van der Waals surface area contributed by atoms with Gasteiger partial charge in [0.2, 0.25) is 5.75 Å². The van der Waals surface area contributed by atoms with E-state index in [1.807, 2.05) is 12.1 Å². The van der Waals surface area contributed by atoms with E-state index in [0.29, 0.717) is 53.2 Å². The van der Waals surface area contributed by atoms with Crippen LogP contribution in [0, 0.1) is 0 Å². The maximum absolute atomic E-state index is 12.1. The van der Waals surface area contributed by atoms with Crippen LogP contribution in [0.1, 0.15) is 91.5 Å². The largest absolute Gasteiger partial charge is 0.502 e. The number of aliphatic hydroxyl groups excluding tert-OH is 3. The molecular formula is C37H46N2O9. The van der Waals surface area contributed by atoms with Gasteiger partial charge >= 0.3 is 0 Å². The Labute approximate surface area is 280 Å². The second-order valence-electron chi connectivity index (χ2n) is 13.1. The van der Waals surface area contributed by atoms with Crippen LogP contribution >= 0.6 is 0 Å². The average Bonchev–Trinajstić information content (AvgIpc) is 3.08. The first kappa shape index (κ1) is 32.6. The summed E-state index contributed by atoms with van der Waals surface area (Å²) in [6.07, 6.45) is 4.77. The summed E-state index contributed by atoms with van der Waals surface area (Å²) >= 11 is 0. The minimum absolute atomic E-state index is 0.0383. The van der Waals surface area contributed by atoms with Crippen LogP contribution in [0.25, 0.3) is 11.1 Å². The molecule has 11 heteroatoms. The summed E-state index contributed by atoms with van der Waals surface area (Å²) in [5, 5.41) is 50.6. The highest BCUT2D eigenvalue weighted by Gasteiger charge is 2.43. The van der Waals surface area contributed by atoms with Crippen LogP contribution in [0.2, 0.25) is 0 Å². The molecule has 3 atom stereocenters. The van der Waals surface area contributed by atoms with Gasteiger partial charge in [0.15, 0.2) is 23.5 Å². The Bertz CT molecular complexity index is 1680. The first-order valence-corrected chi connectivity index (χ1v) is 17.1. The number of benzene rings is 3. The van der Waals surface area contributed by atoms with Crippen LogP contribution in [0.15, 0.2) is 24.3 Å². The van der Waals surface area contributed by atoms with Gasteiger partial charge < -0.3 is 49.4 Å². The first-order chi connectivity index (χ1) is 23.3. The van der Waals surface area contributed by atoms with Crippen LogP contribution in [-0.2, 0) is 12.8 Å². The summed E-state index contributed by atoms with van der Waals surface area (Å²) in [6.45, 7) is 3.20. The van der Waals surface area contributed by atoms with Gasteiger partial charge in [-0.15, -0.1) is 0 Å². The number of ether oxygens (including phenoxy) is 5. The van der Waals surface area contributed by atoms with Gasteiger partial charge in [0, 0.05) is 71.9 Å². The van der Waals surface area contributed by atoms with E-state index in [4.69, 9.17) is 23.7 Å². The summed E-state index contributed by atoms with van der Waals surface area (Å²) in [6, 6.07) is 7.20. The van der Waals surface area contributed by atoms with E-state index in [0.717, 1.165) is 60.2 Å². The number of aromatic hydroxyl groups is 1. The zero-order chi connectivity index (χ0) is 33.6. The fourth-order valence-electron chi connectivity index (χ4n) is 8.11. The predicted molar refractivity (Wildman–Crippen MR) is 180 cm³/mol. The molecule has 11 nitrogen and oxygen atoms in total. The third-order valence-corrected chi connectivity index (χ3v) is 10.3. The molecule has 0 amide bonds. The Morgan fingerprint density at radius 2 is 1.67 bits per heavy atom. The molecule has 2 aliphatic carbocycles. The maximum atomic E-state index is 12.1. The Hall–Kier alpha value is -3.90. The molecule has 2 heterocycles. The third kappa shape index (κ3) is 5.46. The highest BCUT2D eigenvalue weighted by Crippen LogP contribution is 2.58. The van der Waals surface area contributed by atoms with E-state index >= 15 is 0 Å². The lowest BCUT2D eigenvalue weighted by molar-refractivity contribution is -0.00334. The van der Waals surface area contributed by atoms with E-state index in [9.17, 15) is 20.4 Å². The van der Waals surface area contributed by atoms with Gasteiger partial charge in [0.05, 0.1) is 39.1 Å². The molecule has 0 unspecified atom stereocenters. The van der Waals surface area contributed by atoms with Gasteiger partial charge in [-0.3, -0.25) is 5.32 Å². The number of aliphatic hydroxyl groups is 3. The van der Waals surface area contributed by atoms with Crippen molar-refractivity contribution in [1.82, 2.24) is 5.32 Å². The molecule has 3 aromatic carbocycles. The van der Waals surface area contributed by atoms with Crippen LogP contribution in [0.4, 0.5) is 5.69 Å². The molecule has 4 aliphatic rings. The number of hydrogen-bond donors (Lipinski definition) is 6. The highest BCUT2D eigenvalue weighted by molar-refractivity contribution is 5.93. The van der Waals surface area contributed by atoms with Gasteiger partial charge in [-0.05, 0) is 55.5 Å². The van der Waals surface area contributed by atoms with Crippen LogP contribution in [0.3, 0.4) is 0 Å². The Morgan fingerprint density at radius 1 is 0.917 bits per heavy atom. The quantitative estimate of drug-likeness (QED) is 0.119. The molecule has 258 valence electrons. The Kier molecular flexibility index (Phi) is 8.97. The molecule has 1 fully saturated rings. The minimum Gasteiger partial charge on any atom is -0.502 e. The molecule has 3 aromatic rings. The summed E-state index contributed by atoms with van der Waals surface area (Å²) in [4.78, 5) is 0. The van der Waals surface area contributed by atoms with Crippen LogP contribution in [-0.4, -0.2) is 66.7 Å². The number of nitrogens with one attached hydrogen (secondary N) is 2. The van der Waals surface area contributed by atoms with Crippen molar-refractivity contribution in [3.8, 4) is 45.6 Å². The van der Waals surface area contributed by atoms with Crippen molar-refractivity contribution in [3.63, 3.8) is 0 Å². The van der Waals surface area contributed by atoms with Gasteiger partial charge in [0.1, 0.15) is 17.2 Å². The number of rotatable bonds is 11. The molecule has 48 heavy (non-hydrogen) atoms. The van der Waals surface area contributed by atoms with Crippen molar-refractivity contribution < 1.29 is 44.1 Å². The van der Waals surface area contributed by atoms with E-state index in [2.05, 4.69) is 17.6 Å². The molecule has 0 bridgehead atoms. The van der Waals surface area contributed by atoms with Gasteiger partial charge in [-0.25, -0.2) is 0 Å². The average molecular weight is 663 g/mol. The number of phenolic OH excluding ortho intramolecular Hbond substituents is 1. The molecular weight excluding hydrogens is 616 g/mol. The standard InChI is InChI=1S/C37H46N2O9/c1-4-38-37(11-6-5-7-12-37)48-27-18-25(44-2)21-9-10-22-30-24(39-36(43)33(27)32(21)30)17-26-31(22)34(41)23(19-47-26)20-15-28(45-3)35(42)29(16-20)46-14-8-13-40/h15-18,23,34,36,38-43H,4-14,19H2,1-3H3/t23-,34-,36+/m0/s1. The van der Waals surface area contributed by atoms with Crippen molar-refractivity contribution in [1.29, 1.82) is 0 Å². The lowest BCUT2D eigenvalue weighted by atomic mass is 9.74. The number of fused-ring (bicyclic) bond motifs is 2. The van der Waals surface area contributed by atoms with Crippen molar-refractivity contribution in [2.45, 2.75) is 82.3 Å². The number of phenols is 1. The molecule has 0 saturated heterocycles. The summed E-state index contributed by atoms with van der Waals surface area (Å²) in [7, 11) is 3.13. The SMILES string of the molecule is CCNC1(Oc2cc(OC)c3c4c2[C@@H](O)Nc2cc5c(c(c2-4)CC3)[C@@H](O)[C@H](c2cc(OC)c(O)c(OCCCO)c2)CO5)CCCCC1. The maximum Gasteiger partial charge on any atom is 0.200 e. The van der Waals surface area contributed by atoms with Gasteiger partial charge in [-0.2, -0.15) is 0 Å². The summed E-state index contributed by atoms with van der Waals surface area (Å²) in [5.74, 6) is 1.68. The molecule has 0 radical (unpaired) electrons. The second kappa shape index (κ2) is 13.2. The van der Waals surface area contributed by atoms with E-state index in [-0.39, 0.29) is 37.1 Å². The lowest BCUT2D eigenvalue weighted by Crippen LogP contribution is -2.51. The van der Waals surface area contributed by atoms with Crippen LogP contribution in [0.5, 0.6) is 34.5 Å². The van der Waals surface area contributed by atoms with E-state index in [1.54, 1.807) is 19.2 Å². The lowest BCUT2D eigenvalue weighted by Gasteiger charge is -2.42. The number of anilines is 1. The Balaban J connectivity index is 1.33. The van der Waals surface area contributed by atoms with Crippen molar-refractivity contribution >= 4 is 5.69 Å². The molecule has 6 N–H and O–H groups in total. The van der Waals surface area contributed by atoms with E-state index < -0.39 is 24.0 Å². The van der Waals surface area contributed by atoms with Crippen molar-refractivity contribution in [2.75, 3.05) is 45.9 Å². The topological polar surface area (TPSA) is 151 Å². The fourth-order valence-corrected chi connectivity index (χ4v) is 8.11. The number of methoxy groups -OCH3 is 2. The smallest absolute Gasteiger partial charge is 0.200 e. The molecule has 2 aliphatic heterocycles. The normalized spacial score (nSPS) is 21.7. The zero-order valence-electron chi connectivity index (χ0n) is 27.9. The summed E-state index contributed by atoms with van der Waals surface area (Å²) < 4.78 is 30.4. The molecule has 1 saturated carbocycles. The fraction of sp³-hybridized carbons (Fsp3) is 0.514. The molecule has 0 spiro atoms. The van der Waals surface area contributed by atoms with Gasteiger partial charge in [-0.1, -0.05) is 13.3 Å². The molecule has 7 rings (SSSR count). The zero-order valence-corrected chi connectivity index (χ0v) is 27.9. The first-order valence-electron chi connectivity index (χ1n) is 17.1. The molecule has 0 aromatic heterocycles. The predicted octanol–water partition coefficient (Wildman–Crippen LogP) is 5.21. The Morgan fingerprint density at radius 3 is 2.40 bits per heavy atom. The van der Waals surface area contributed by atoms with Crippen LogP contribution < -0.4 is 34.3 Å². The van der Waals surface area contributed by atoms with E-state index in [1.165, 1.54) is 13.5 Å². The minimum atomic E-state index is -1.02. The summed E-state index contributed by atoms with van der Waals surface area (Å²) in [5.41, 5.74) is 6.04. The second-order valence-corrected chi connectivity index (χ2v) is 13.1. The van der Waals surface area contributed by atoms with Crippen molar-refractivity contribution in [2.24, 2.45) is 0 Å². The van der Waals surface area contributed by atoms with Crippen molar-refractivity contribution in [3.05, 3.63) is 52.1 Å².